The standard InChI is InChI=1S/C20H31N7O/c1-3-9-21-20(22-10-13-27-16-24-25-19(27)4-2)23-15-17(18-8-7-14-28-18)26-11-5-6-12-26/h3,7-8,14,16-17H,1,4-6,9-13,15H2,2H3,(H2,21,22,23). The second kappa shape index (κ2) is 10.7. The van der Waals surface area contributed by atoms with E-state index in [0.29, 0.717) is 13.1 Å². The fraction of sp³-hybridized carbons (Fsp3) is 0.550. The zero-order valence-corrected chi connectivity index (χ0v) is 16.7. The molecular weight excluding hydrogens is 354 g/mol. The Morgan fingerprint density at radius 2 is 2.25 bits per heavy atom. The molecule has 0 spiro atoms. The third-order valence-corrected chi connectivity index (χ3v) is 4.95. The number of likely N-dealkylation sites (tertiary alicyclic amines) is 1. The van der Waals surface area contributed by atoms with Crippen LogP contribution in [0, 0.1) is 0 Å². The number of nitrogens with one attached hydrogen (secondary N) is 2. The largest absolute Gasteiger partial charge is 0.468 e. The minimum absolute atomic E-state index is 0.171. The molecule has 8 nitrogen and oxygen atoms in total. The van der Waals surface area contributed by atoms with Crippen molar-refractivity contribution in [1.29, 1.82) is 0 Å². The second-order valence-corrected chi connectivity index (χ2v) is 6.85. The number of hydrogen-bond donors (Lipinski definition) is 2. The van der Waals surface area contributed by atoms with Crippen molar-refractivity contribution in [1.82, 2.24) is 30.3 Å². The lowest BCUT2D eigenvalue weighted by molar-refractivity contribution is 0.221. The van der Waals surface area contributed by atoms with Crippen LogP contribution in [0.25, 0.3) is 0 Å². The van der Waals surface area contributed by atoms with Gasteiger partial charge in [-0.25, -0.2) is 0 Å². The first-order chi connectivity index (χ1) is 13.8. The minimum atomic E-state index is 0.171. The average molecular weight is 386 g/mol. The van der Waals surface area contributed by atoms with Crippen LogP contribution in [0.4, 0.5) is 0 Å². The van der Waals surface area contributed by atoms with Gasteiger partial charge in [-0.1, -0.05) is 13.0 Å². The first-order valence-electron chi connectivity index (χ1n) is 10.1. The Morgan fingerprint density at radius 3 is 2.96 bits per heavy atom. The van der Waals surface area contributed by atoms with Crippen LogP contribution >= 0.6 is 0 Å². The van der Waals surface area contributed by atoms with E-state index in [4.69, 9.17) is 9.41 Å². The number of hydrogen-bond acceptors (Lipinski definition) is 5. The van der Waals surface area contributed by atoms with E-state index in [1.165, 1.54) is 12.8 Å². The fourth-order valence-corrected chi connectivity index (χ4v) is 3.47. The highest BCUT2D eigenvalue weighted by Crippen LogP contribution is 2.25. The number of guanidine groups is 1. The molecule has 0 bridgehead atoms. The van der Waals surface area contributed by atoms with Crippen LogP contribution in [-0.4, -0.2) is 58.3 Å². The molecule has 28 heavy (non-hydrogen) atoms. The zero-order valence-electron chi connectivity index (χ0n) is 16.7. The first-order valence-corrected chi connectivity index (χ1v) is 10.1. The Hall–Kier alpha value is -2.61. The van der Waals surface area contributed by atoms with Crippen molar-refractivity contribution >= 4 is 5.96 Å². The van der Waals surface area contributed by atoms with Gasteiger partial charge in [0.05, 0.1) is 18.8 Å². The summed E-state index contributed by atoms with van der Waals surface area (Å²) in [5.74, 6) is 2.75. The van der Waals surface area contributed by atoms with Crippen molar-refractivity contribution in [2.75, 3.05) is 32.7 Å². The summed E-state index contributed by atoms with van der Waals surface area (Å²) in [4.78, 5) is 7.28. The van der Waals surface area contributed by atoms with Gasteiger partial charge < -0.3 is 19.6 Å². The summed E-state index contributed by atoms with van der Waals surface area (Å²) < 4.78 is 7.76. The van der Waals surface area contributed by atoms with Crippen LogP contribution in [0.5, 0.6) is 0 Å². The Balaban J connectivity index is 1.61. The normalized spacial score (nSPS) is 16.2. The molecule has 1 saturated heterocycles. The number of furan rings is 1. The molecule has 3 heterocycles. The third kappa shape index (κ3) is 5.45. The van der Waals surface area contributed by atoms with Crippen molar-refractivity contribution in [3.05, 3.63) is 49.0 Å². The van der Waals surface area contributed by atoms with E-state index >= 15 is 0 Å². The lowest BCUT2D eigenvalue weighted by Gasteiger charge is -2.24. The van der Waals surface area contributed by atoms with Gasteiger partial charge in [0.2, 0.25) is 0 Å². The van der Waals surface area contributed by atoms with Gasteiger partial charge in [-0.2, -0.15) is 0 Å². The topological polar surface area (TPSA) is 83.5 Å². The van der Waals surface area contributed by atoms with Crippen molar-refractivity contribution in [2.45, 2.75) is 38.8 Å². The van der Waals surface area contributed by atoms with E-state index in [-0.39, 0.29) is 6.04 Å². The summed E-state index contributed by atoms with van der Waals surface area (Å²) in [6, 6.07) is 4.16. The summed E-state index contributed by atoms with van der Waals surface area (Å²) in [6.45, 7) is 10.9. The van der Waals surface area contributed by atoms with Gasteiger partial charge in [0.25, 0.3) is 0 Å². The quantitative estimate of drug-likeness (QED) is 0.370. The maximum atomic E-state index is 5.69. The molecule has 1 atom stereocenters. The lowest BCUT2D eigenvalue weighted by atomic mass is 10.2. The van der Waals surface area contributed by atoms with Crippen LogP contribution in [0.15, 0.2) is 46.8 Å². The number of nitrogens with zero attached hydrogens (tertiary/aromatic N) is 5. The zero-order chi connectivity index (χ0) is 19.6. The van der Waals surface area contributed by atoms with Crippen molar-refractivity contribution in [2.24, 2.45) is 4.99 Å². The molecular formula is C20H31N7O. The number of aromatic nitrogens is 3. The molecule has 2 N–H and O–H groups in total. The van der Waals surface area contributed by atoms with E-state index in [2.05, 4.69) is 43.8 Å². The van der Waals surface area contributed by atoms with E-state index in [1.54, 1.807) is 12.6 Å². The third-order valence-electron chi connectivity index (χ3n) is 4.95. The maximum absolute atomic E-state index is 5.69. The Morgan fingerprint density at radius 1 is 1.39 bits per heavy atom. The van der Waals surface area contributed by atoms with Crippen LogP contribution in [0.2, 0.25) is 0 Å². The molecule has 0 radical (unpaired) electrons. The molecule has 0 amide bonds. The van der Waals surface area contributed by atoms with Crippen LogP contribution < -0.4 is 10.6 Å². The Labute approximate surface area is 166 Å². The number of rotatable bonds is 10. The molecule has 152 valence electrons. The molecule has 0 aliphatic carbocycles. The summed E-state index contributed by atoms with van der Waals surface area (Å²) in [6.07, 6.45) is 8.68. The molecule has 1 fully saturated rings. The van der Waals surface area contributed by atoms with Gasteiger partial charge in [0.15, 0.2) is 5.96 Å². The molecule has 1 aliphatic rings. The highest BCUT2D eigenvalue weighted by Gasteiger charge is 2.25. The van der Waals surface area contributed by atoms with Crippen molar-refractivity contribution in [3.8, 4) is 0 Å². The number of aliphatic imine (C=N–C) groups is 1. The smallest absolute Gasteiger partial charge is 0.191 e. The molecule has 0 aromatic carbocycles. The van der Waals surface area contributed by atoms with Gasteiger partial charge in [-0.05, 0) is 38.1 Å². The molecule has 2 aromatic rings. The highest BCUT2D eigenvalue weighted by atomic mass is 16.3. The summed E-state index contributed by atoms with van der Waals surface area (Å²) in [7, 11) is 0. The molecule has 0 saturated carbocycles. The second-order valence-electron chi connectivity index (χ2n) is 6.85. The average Bonchev–Trinajstić information content (AvgIpc) is 3.48. The molecule has 1 unspecified atom stereocenters. The van der Waals surface area contributed by atoms with Crippen LogP contribution in [0.3, 0.4) is 0 Å². The van der Waals surface area contributed by atoms with Crippen LogP contribution in [-0.2, 0) is 13.0 Å². The highest BCUT2D eigenvalue weighted by molar-refractivity contribution is 5.79. The monoisotopic (exact) mass is 385 g/mol. The molecule has 3 rings (SSSR count). The summed E-state index contributed by atoms with van der Waals surface area (Å²) in [5.41, 5.74) is 0. The summed E-state index contributed by atoms with van der Waals surface area (Å²) >= 11 is 0. The minimum Gasteiger partial charge on any atom is -0.468 e. The van der Waals surface area contributed by atoms with E-state index in [9.17, 15) is 0 Å². The van der Waals surface area contributed by atoms with Gasteiger partial charge >= 0.3 is 0 Å². The molecule has 1 aliphatic heterocycles. The maximum Gasteiger partial charge on any atom is 0.191 e. The first kappa shape index (κ1) is 20.1. The van der Waals surface area contributed by atoms with Crippen LogP contribution in [0.1, 0.15) is 37.4 Å². The van der Waals surface area contributed by atoms with Gasteiger partial charge in [0.1, 0.15) is 17.9 Å². The summed E-state index contributed by atoms with van der Waals surface area (Å²) in [5, 5.41) is 14.8. The van der Waals surface area contributed by atoms with Gasteiger partial charge in [0, 0.05) is 26.1 Å². The Kier molecular flexibility index (Phi) is 7.66. The van der Waals surface area contributed by atoms with Crippen molar-refractivity contribution < 1.29 is 4.42 Å². The lowest BCUT2D eigenvalue weighted by Crippen LogP contribution is -2.40. The molecule has 8 heteroatoms. The molecule has 2 aromatic heterocycles. The van der Waals surface area contributed by atoms with E-state index in [1.807, 2.05) is 18.2 Å². The Bertz CT molecular complexity index is 732. The fourth-order valence-electron chi connectivity index (χ4n) is 3.47. The SMILES string of the molecule is C=CCNC(=NCC(c1ccco1)N1CCCC1)NCCn1cnnc1CC. The van der Waals surface area contributed by atoms with E-state index < -0.39 is 0 Å². The van der Waals surface area contributed by atoms with Crippen molar-refractivity contribution in [3.63, 3.8) is 0 Å². The number of aryl methyl sites for hydroxylation is 1. The predicted molar refractivity (Wildman–Crippen MR) is 110 cm³/mol. The predicted octanol–water partition coefficient (Wildman–Crippen LogP) is 1.99. The van der Waals surface area contributed by atoms with Gasteiger partial charge in [-0.15, -0.1) is 16.8 Å². The van der Waals surface area contributed by atoms with E-state index in [0.717, 1.165) is 50.1 Å². The van der Waals surface area contributed by atoms with Gasteiger partial charge in [-0.3, -0.25) is 9.89 Å².